The lowest BCUT2D eigenvalue weighted by Crippen LogP contribution is -2.36. The summed E-state index contributed by atoms with van der Waals surface area (Å²) in [5.74, 6) is -2.21. The molecule has 18 heavy (non-hydrogen) atoms. The number of benzene rings is 1. The van der Waals surface area contributed by atoms with Crippen molar-refractivity contribution in [2.24, 2.45) is 0 Å². The second-order valence-corrected chi connectivity index (χ2v) is 3.86. The van der Waals surface area contributed by atoms with Crippen LogP contribution in [0.25, 0.3) is 0 Å². The van der Waals surface area contributed by atoms with Gasteiger partial charge in [0.05, 0.1) is 4.92 Å². The predicted octanol–water partition coefficient (Wildman–Crippen LogP) is 0.942. The van der Waals surface area contributed by atoms with E-state index in [1.807, 2.05) is 0 Å². The fourth-order valence-electron chi connectivity index (χ4n) is 1.81. The van der Waals surface area contributed by atoms with E-state index in [0.717, 1.165) is 0 Å². The van der Waals surface area contributed by atoms with Gasteiger partial charge in [-0.25, -0.2) is 4.79 Å². The Morgan fingerprint density at radius 2 is 2.17 bits per heavy atom. The van der Waals surface area contributed by atoms with E-state index in [1.54, 1.807) is 0 Å². The molecule has 0 radical (unpaired) electrons. The van der Waals surface area contributed by atoms with Gasteiger partial charge in [-0.15, -0.1) is 0 Å². The second-order valence-electron chi connectivity index (χ2n) is 3.86. The minimum Gasteiger partial charge on any atom is -0.482 e. The molecule has 0 amide bonds. The van der Waals surface area contributed by atoms with E-state index in [9.17, 15) is 19.7 Å². The van der Waals surface area contributed by atoms with Crippen molar-refractivity contribution >= 4 is 17.4 Å². The predicted molar refractivity (Wildman–Crippen MR) is 58.5 cm³/mol. The molecule has 1 N–H and O–H groups in total. The molecule has 0 fully saturated rings. The molecule has 1 atom stereocenters. The maximum atomic E-state index is 11.3. The summed E-state index contributed by atoms with van der Waals surface area (Å²) < 4.78 is 5.24. The van der Waals surface area contributed by atoms with E-state index >= 15 is 0 Å². The molecule has 0 bridgehead atoms. The number of carboxylic acid groups (broad SMARTS) is 1. The maximum absolute atomic E-state index is 11.3. The number of Topliss-reactive ketones (excluding diaryl/α,β-unsaturated/α-hetero) is 1. The number of carbonyl (C=O) groups is 2. The number of hydrogen-bond donors (Lipinski definition) is 1. The Bertz CT molecular complexity index is 538. The first-order valence-electron chi connectivity index (χ1n) is 5.20. The molecule has 7 nitrogen and oxygen atoms in total. The maximum Gasteiger partial charge on any atom is 0.376 e. The molecular weight excluding hydrogens is 242 g/mol. The fourth-order valence-corrected chi connectivity index (χ4v) is 1.81. The SMILES string of the molecule is O=C(O)C(=O)C1CCc2cc([N+](=O)[O-])ccc2O1. The zero-order chi connectivity index (χ0) is 13.3. The van der Waals surface area contributed by atoms with Crippen molar-refractivity contribution in [1.29, 1.82) is 0 Å². The van der Waals surface area contributed by atoms with Gasteiger partial charge in [-0.05, 0) is 18.9 Å². The van der Waals surface area contributed by atoms with E-state index in [4.69, 9.17) is 9.84 Å². The zero-order valence-electron chi connectivity index (χ0n) is 9.16. The van der Waals surface area contributed by atoms with Crippen LogP contribution in [-0.4, -0.2) is 27.9 Å². The number of carbonyl (C=O) groups excluding carboxylic acids is 1. The Hall–Kier alpha value is -2.44. The minimum absolute atomic E-state index is 0.0552. The smallest absolute Gasteiger partial charge is 0.376 e. The van der Waals surface area contributed by atoms with Gasteiger partial charge in [-0.2, -0.15) is 0 Å². The largest absolute Gasteiger partial charge is 0.482 e. The number of non-ortho nitro benzene ring substituents is 1. The number of ether oxygens (including phenoxy) is 1. The second kappa shape index (κ2) is 4.44. The molecule has 0 spiro atoms. The first kappa shape index (κ1) is 12.0. The standard InChI is InChI=1S/C11H9NO6/c13-10(11(14)15)9-3-1-6-5-7(12(16)17)2-4-8(6)18-9/h2,4-5,9H,1,3H2,(H,14,15). The van der Waals surface area contributed by atoms with E-state index in [0.29, 0.717) is 17.7 Å². The summed E-state index contributed by atoms with van der Waals surface area (Å²) in [6.07, 6.45) is -0.434. The van der Waals surface area contributed by atoms with Gasteiger partial charge >= 0.3 is 5.97 Å². The highest BCUT2D eigenvalue weighted by Gasteiger charge is 2.31. The first-order valence-corrected chi connectivity index (χ1v) is 5.20. The number of fused-ring (bicyclic) bond motifs is 1. The van der Waals surface area contributed by atoms with Gasteiger partial charge in [-0.1, -0.05) is 0 Å². The highest BCUT2D eigenvalue weighted by molar-refractivity contribution is 6.34. The molecule has 1 aliphatic rings. The molecule has 1 aliphatic heterocycles. The van der Waals surface area contributed by atoms with Crippen molar-refractivity contribution in [3.63, 3.8) is 0 Å². The lowest BCUT2D eigenvalue weighted by Gasteiger charge is -2.23. The van der Waals surface area contributed by atoms with Crippen molar-refractivity contribution in [2.75, 3.05) is 0 Å². The lowest BCUT2D eigenvalue weighted by atomic mass is 9.99. The van der Waals surface area contributed by atoms with E-state index in [-0.39, 0.29) is 12.1 Å². The molecule has 0 saturated carbocycles. The van der Waals surface area contributed by atoms with Gasteiger partial charge in [-0.3, -0.25) is 14.9 Å². The monoisotopic (exact) mass is 251 g/mol. The number of nitro benzene ring substituents is 1. The van der Waals surface area contributed by atoms with Crippen LogP contribution < -0.4 is 4.74 Å². The third-order valence-electron chi connectivity index (χ3n) is 2.70. The Labute approximate surface area is 101 Å². The number of ketones is 1. The minimum atomic E-state index is -1.54. The Morgan fingerprint density at radius 1 is 1.44 bits per heavy atom. The number of nitrogens with zero attached hydrogens (tertiary/aromatic N) is 1. The normalized spacial score (nSPS) is 17.4. The molecule has 0 saturated heterocycles. The van der Waals surface area contributed by atoms with E-state index < -0.39 is 22.8 Å². The van der Waals surface area contributed by atoms with E-state index in [2.05, 4.69) is 0 Å². The number of aliphatic carboxylic acids is 1. The molecule has 1 heterocycles. The molecule has 1 unspecified atom stereocenters. The van der Waals surface area contributed by atoms with Gasteiger partial charge in [0.25, 0.3) is 11.5 Å². The van der Waals surface area contributed by atoms with Crippen LogP contribution in [0.1, 0.15) is 12.0 Å². The Morgan fingerprint density at radius 3 is 2.78 bits per heavy atom. The van der Waals surface area contributed by atoms with Crippen LogP contribution in [0.4, 0.5) is 5.69 Å². The molecule has 2 rings (SSSR count). The molecule has 7 heteroatoms. The molecule has 0 aliphatic carbocycles. The average Bonchev–Trinajstić information content (AvgIpc) is 2.36. The van der Waals surface area contributed by atoms with Gasteiger partial charge in [0, 0.05) is 17.7 Å². The van der Waals surface area contributed by atoms with Crippen molar-refractivity contribution in [1.82, 2.24) is 0 Å². The van der Waals surface area contributed by atoms with Gasteiger partial charge < -0.3 is 9.84 Å². The Kier molecular flexibility index (Phi) is 2.97. The summed E-state index contributed by atoms with van der Waals surface area (Å²) in [7, 11) is 0. The lowest BCUT2D eigenvalue weighted by molar-refractivity contribution is -0.385. The highest BCUT2D eigenvalue weighted by Crippen LogP contribution is 2.30. The number of aryl methyl sites for hydroxylation is 1. The summed E-state index contributed by atoms with van der Waals surface area (Å²) >= 11 is 0. The highest BCUT2D eigenvalue weighted by atomic mass is 16.6. The summed E-state index contributed by atoms with van der Waals surface area (Å²) in [6.45, 7) is 0. The van der Waals surface area contributed by atoms with Crippen molar-refractivity contribution in [3.05, 3.63) is 33.9 Å². The van der Waals surface area contributed by atoms with Crippen LogP contribution in [0.2, 0.25) is 0 Å². The summed E-state index contributed by atoms with van der Waals surface area (Å²) in [4.78, 5) is 31.8. The van der Waals surface area contributed by atoms with Crippen molar-refractivity contribution in [3.8, 4) is 5.75 Å². The first-order chi connectivity index (χ1) is 8.49. The number of hydrogen-bond acceptors (Lipinski definition) is 5. The summed E-state index contributed by atoms with van der Waals surface area (Å²) in [5.41, 5.74) is 0.555. The van der Waals surface area contributed by atoms with Crippen LogP contribution >= 0.6 is 0 Å². The van der Waals surface area contributed by atoms with Crippen LogP contribution in [0.3, 0.4) is 0 Å². The average molecular weight is 251 g/mol. The third kappa shape index (κ3) is 2.15. The van der Waals surface area contributed by atoms with Crippen LogP contribution in [0.15, 0.2) is 18.2 Å². The van der Waals surface area contributed by atoms with Gasteiger partial charge in [0.1, 0.15) is 5.75 Å². The molecule has 94 valence electrons. The number of nitro groups is 1. The fraction of sp³-hybridized carbons (Fsp3) is 0.273. The molecular formula is C11H9NO6. The van der Waals surface area contributed by atoms with Gasteiger partial charge in [0.2, 0.25) is 0 Å². The van der Waals surface area contributed by atoms with Gasteiger partial charge in [0.15, 0.2) is 6.10 Å². The van der Waals surface area contributed by atoms with Crippen molar-refractivity contribution in [2.45, 2.75) is 18.9 Å². The number of rotatable bonds is 3. The van der Waals surface area contributed by atoms with E-state index in [1.165, 1.54) is 18.2 Å². The quantitative estimate of drug-likeness (QED) is 0.486. The molecule has 1 aromatic rings. The summed E-state index contributed by atoms with van der Waals surface area (Å²) in [5, 5.41) is 19.2. The summed E-state index contributed by atoms with van der Waals surface area (Å²) in [6, 6.07) is 4.01. The zero-order valence-corrected chi connectivity index (χ0v) is 9.16. The van der Waals surface area contributed by atoms with Crippen LogP contribution in [-0.2, 0) is 16.0 Å². The number of carboxylic acids is 1. The van der Waals surface area contributed by atoms with Crippen LogP contribution in [0, 0.1) is 10.1 Å². The van der Waals surface area contributed by atoms with Crippen LogP contribution in [0.5, 0.6) is 5.75 Å². The molecule has 1 aromatic carbocycles. The Balaban J connectivity index is 2.23. The van der Waals surface area contributed by atoms with Crippen molar-refractivity contribution < 1.29 is 24.4 Å². The third-order valence-corrected chi connectivity index (χ3v) is 2.70. The molecule has 0 aromatic heterocycles. The topological polar surface area (TPSA) is 107 Å².